The van der Waals surface area contributed by atoms with E-state index in [0.29, 0.717) is 12.2 Å². The summed E-state index contributed by atoms with van der Waals surface area (Å²) in [5.41, 5.74) is 1.48. The van der Waals surface area contributed by atoms with Crippen molar-refractivity contribution in [2.45, 2.75) is 6.04 Å². The van der Waals surface area contributed by atoms with Crippen molar-refractivity contribution in [2.75, 3.05) is 20.6 Å². The minimum absolute atomic E-state index is 0.0653. The van der Waals surface area contributed by atoms with Crippen LogP contribution < -0.4 is 5.56 Å². The molecule has 0 N–H and O–H groups in total. The van der Waals surface area contributed by atoms with Crippen LogP contribution in [0.3, 0.4) is 0 Å². The van der Waals surface area contributed by atoms with E-state index in [-0.39, 0.29) is 11.6 Å². The summed E-state index contributed by atoms with van der Waals surface area (Å²) >= 11 is 3.31. The molecule has 0 amide bonds. The van der Waals surface area contributed by atoms with Crippen LogP contribution in [0.1, 0.15) is 11.6 Å². The Morgan fingerprint density at radius 1 is 1.33 bits per heavy atom. The highest BCUT2D eigenvalue weighted by Crippen LogP contribution is 2.23. The predicted octanol–water partition coefficient (Wildman–Crippen LogP) is 3.31. The third kappa shape index (κ3) is 3.81. The summed E-state index contributed by atoms with van der Waals surface area (Å²) in [6.45, 7) is 7.82. The second-order valence-electron chi connectivity index (χ2n) is 5.08. The Labute approximate surface area is 132 Å². The number of aromatic nitrogens is 1. The summed E-state index contributed by atoms with van der Waals surface area (Å²) in [6, 6.07) is 10.7. The number of likely N-dealkylation sites (N-methyl/N-ethyl adjacent to an activating group) is 1. The molecule has 0 fully saturated rings. The zero-order chi connectivity index (χ0) is 15.4. The Morgan fingerprint density at radius 3 is 2.71 bits per heavy atom. The van der Waals surface area contributed by atoms with Crippen molar-refractivity contribution in [2.24, 2.45) is 0 Å². The minimum Gasteiger partial charge on any atom is -0.307 e. The lowest BCUT2D eigenvalue weighted by atomic mass is 10.1. The number of benzene rings is 1. The fraction of sp³-hybridized carbons (Fsp3) is 0.250. The lowest BCUT2D eigenvalue weighted by molar-refractivity contribution is 0.346. The largest absolute Gasteiger partial charge is 0.307 e. The fourth-order valence-corrected chi connectivity index (χ4v) is 2.54. The van der Waals surface area contributed by atoms with Gasteiger partial charge in [0.05, 0.1) is 12.6 Å². The van der Waals surface area contributed by atoms with Crippen molar-refractivity contribution in [3.63, 3.8) is 0 Å². The van der Waals surface area contributed by atoms with Gasteiger partial charge in [-0.15, -0.1) is 0 Å². The van der Waals surface area contributed by atoms with Crippen molar-refractivity contribution in [1.29, 1.82) is 0 Å². The first-order valence-corrected chi connectivity index (χ1v) is 7.30. The van der Waals surface area contributed by atoms with E-state index in [1.54, 1.807) is 22.9 Å². The maximum Gasteiger partial charge on any atom is 0.252 e. The molecule has 1 aromatic carbocycles. The SMILES string of the molecule is [C-]#[N+]c1cccc(C(CN(C)C)n2ccc(Br)cc2=O)c1. The van der Waals surface area contributed by atoms with Crippen molar-refractivity contribution in [1.82, 2.24) is 9.47 Å². The lowest BCUT2D eigenvalue weighted by Crippen LogP contribution is -2.31. The van der Waals surface area contributed by atoms with Gasteiger partial charge in [-0.2, -0.15) is 0 Å². The first-order valence-electron chi connectivity index (χ1n) is 6.51. The van der Waals surface area contributed by atoms with E-state index >= 15 is 0 Å². The molecule has 0 aliphatic carbocycles. The average molecular weight is 346 g/mol. The van der Waals surface area contributed by atoms with E-state index in [1.807, 2.05) is 43.3 Å². The van der Waals surface area contributed by atoms with Gasteiger partial charge in [-0.3, -0.25) is 4.79 Å². The number of hydrogen-bond acceptors (Lipinski definition) is 2. The Bertz CT molecular complexity index is 731. The number of halogens is 1. The molecule has 0 saturated carbocycles. The summed E-state index contributed by atoms with van der Waals surface area (Å²) in [6.07, 6.45) is 1.78. The Balaban J connectivity index is 2.52. The van der Waals surface area contributed by atoms with Crippen LogP contribution in [0, 0.1) is 6.57 Å². The van der Waals surface area contributed by atoms with Gasteiger partial charge >= 0.3 is 0 Å². The second kappa shape index (κ2) is 6.70. The summed E-state index contributed by atoms with van der Waals surface area (Å²) in [5.74, 6) is 0. The molecule has 2 aromatic rings. The van der Waals surface area contributed by atoms with E-state index in [0.717, 1.165) is 10.0 Å². The van der Waals surface area contributed by atoms with E-state index in [9.17, 15) is 4.79 Å². The first kappa shape index (κ1) is 15.5. The zero-order valence-corrected chi connectivity index (χ0v) is 13.5. The van der Waals surface area contributed by atoms with Gasteiger partial charge < -0.3 is 9.47 Å². The van der Waals surface area contributed by atoms with Crippen LogP contribution in [0.15, 0.2) is 51.9 Å². The second-order valence-corrected chi connectivity index (χ2v) is 5.99. The highest BCUT2D eigenvalue weighted by molar-refractivity contribution is 9.10. The van der Waals surface area contributed by atoms with Gasteiger partial charge in [-0.05, 0) is 25.7 Å². The molecule has 1 unspecified atom stereocenters. The highest BCUT2D eigenvalue weighted by Gasteiger charge is 2.16. The molecule has 0 saturated heterocycles. The summed E-state index contributed by atoms with van der Waals surface area (Å²) < 4.78 is 2.47. The van der Waals surface area contributed by atoms with Crippen LogP contribution in [-0.4, -0.2) is 30.1 Å². The van der Waals surface area contributed by atoms with Gasteiger partial charge in [0.15, 0.2) is 5.69 Å². The molecule has 21 heavy (non-hydrogen) atoms. The van der Waals surface area contributed by atoms with Gasteiger partial charge in [-0.1, -0.05) is 40.2 Å². The van der Waals surface area contributed by atoms with Gasteiger partial charge in [-0.25, -0.2) is 4.85 Å². The Hall–Kier alpha value is -1.90. The molecule has 0 spiro atoms. The smallest absolute Gasteiger partial charge is 0.252 e. The van der Waals surface area contributed by atoms with Gasteiger partial charge in [0.2, 0.25) is 0 Å². The van der Waals surface area contributed by atoms with Gasteiger partial charge in [0, 0.05) is 23.3 Å². The van der Waals surface area contributed by atoms with Gasteiger partial charge in [0.1, 0.15) is 0 Å². The summed E-state index contributed by atoms with van der Waals surface area (Å²) in [4.78, 5) is 17.7. The van der Waals surface area contributed by atoms with Crippen LogP contribution >= 0.6 is 15.9 Å². The van der Waals surface area contributed by atoms with Crippen LogP contribution in [0.5, 0.6) is 0 Å². The Morgan fingerprint density at radius 2 is 2.10 bits per heavy atom. The van der Waals surface area contributed by atoms with Gasteiger partial charge in [0.25, 0.3) is 5.56 Å². The van der Waals surface area contributed by atoms with Crippen LogP contribution in [0.25, 0.3) is 4.85 Å². The monoisotopic (exact) mass is 345 g/mol. The molecule has 4 nitrogen and oxygen atoms in total. The molecule has 5 heteroatoms. The highest BCUT2D eigenvalue weighted by atomic mass is 79.9. The molecular weight excluding hydrogens is 330 g/mol. The number of hydrogen-bond donors (Lipinski definition) is 0. The minimum atomic E-state index is -0.123. The molecule has 1 heterocycles. The molecule has 1 aromatic heterocycles. The topological polar surface area (TPSA) is 29.6 Å². The third-order valence-corrected chi connectivity index (χ3v) is 3.66. The summed E-state index contributed by atoms with van der Waals surface area (Å²) in [7, 11) is 3.94. The molecule has 0 aliphatic rings. The van der Waals surface area contributed by atoms with Crippen molar-refractivity contribution >= 4 is 21.6 Å². The number of pyridine rings is 1. The van der Waals surface area contributed by atoms with Crippen molar-refractivity contribution < 1.29 is 0 Å². The molecular formula is C16H16BrN3O. The zero-order valence-electron chi connectivity index (χ0n) is 12.0. The van der Waals surface area contributed by atoms with Crippen molar-refractivity contribution in [3.05, 3.63) is 74.4 Å². The van der Waals surface area contributed by atoms with E-state index in [4.69, 9.17) is 6.57 Å². The average Bonchev–Trinajstić information content (AvgIpc) is 2.45. The van der Waals surface area contributed by atoms with Crippen molar-refractivity contribution in [3.8, 4) is 0 Å². The Kier molecular flexibility index (Phi) is 4.94. The molecule has 2 rings (SSSR count). The fourth-order valence-electron chi connectivity index (χ4n) is 2.22. The van der Waals surface area contributed by atoms with E-state index in [2.05, 4.69) is 20.8 Å². The van der Waals surface area contributed by atoms with Crippen LogP contribution in [-0.2, 0) is 0 Å². The maximum absolute atomic E-state index is 12.2. The molecule has 0 aliphatic heterocycles. The van der Waals surface area contributed by atoms with Crippen LogP contribution in [0.2, 0.25) is 0 Å². The predicted molar refractivity (Wildman–Crippen MR) is 87.8 cm³/mol. The lowest BCUT2D eigenvalue weighted by Gasteiger charge is -2.24. The first-order chi connectivity index (χ1) is 10.0. The number of nitrogens with zero attached hydrogens (tertiary/aromatic N) is 3. The molecule has 0 radical (unpaired) electrons. The summed E-state index contributed by atoms with van der Waals surface area (Å²) in [5, 5.41) is 0. The molecule has 1 atom stereocenters. The number of rotatable bonds is 4. The standard InChI is InChI=1S/C16H16BrN3O/c1-18-14-6-4-5-12(9-14)15(11-19(2)3)20-8-7-13(17)10-16(20)21/h4-10,15H,11H2,2-3H3. The quantitative estimate of drug-likeness (QED) is 0.795. The third-order valence-electron chi connectivity index (χ3n) is 3.17. The van der Waals surface area contributed by atoms with Crippen LogP contribution in [0.4, 0.5) is 5.69 Å². The van der Waals surface area contributed by atoms with E-state index in [1.165, 1.54) is 0 Å². The van der Waals surface area contributed by atoms with E-state index < -0.39 is 0 Å². The maximum atomic E-state index is 12.2. The normalized spacial score (nSPS) is 12.1. The molecule has 108 valence electrons. The molecule has 0 bridgehead atoms.